The fourth-order valence-electron chi connectivity index (χ4n) is 2.29. The largest absolute Gasteiger partial charge is 0.381 e. The van der Waals surface area contributed by atoms with Gasteiger partial charge in [0.05, 0.1) is 11.3 Å². The Labute approximate surface area is 112 Å². The van der Waals surface area contributed by atoms with Crippen LogP contribution in [0.1, 0.15) is 34.6 Å². The number of carbonyl (C=O) groups excluding carboxylic acids is 2. The first-order valence-electron chi connectivity index (χ1n) is 6.48. The number of hydrogen-bond acceptors (Lipinski definition) is 4. The Hall–Kier alpha value is -1.69. The second-order valence-electron chi connectivity index (χ2n) is 4.81. The molecule has 0 bridgehead atoms. The van der Waals surface area contributed by atoms with Gasteiger partial charge in [-0.3, -0.25) is 14.3 Å². The van der Waals surface area contributed by atoms with Gasteiger partial charge in [0.2, 0.25) is 5.91 Å². The third-order valence-electron chi connectivity index (χ3n) is 3.44. The maximum atomic E-state index is 11.9. The molecule has 1 amide bonds. The molecule has 6 nitrogen and oxygen atoms in total. The zero-order chi connectivity index (χ0) is 13.8. The zero-order valence-electron chi connectivity index (χ0n) is 11.3. The molecular formula is C13H19N3O3. The summed E-state index contributed by atoms with van der Waals surface area (Å²) in [7, 11) is 0. The molecule has 1 aliphatic rings. The second-order valence-corrected chi connectivity index (χ2v) is 4.81. The molecule has 0 aromatic carbocycles. The van der Waals surface area contributed by atoms with E-state index in [1.54, 1.807) is 18.5 Å². The molecule has 1 N–H and O–H groups in total. The molecular weight excluding hydrogens is 246 g/mol. The van der Waals surface area contributed by atoms with Crippen molar-refractivity contribution in [2.45, 2.75) is 39.3 Å². The molecule has 0 aliphatic carbocycles. The van der Waals surface area contributed by atoms with Gasteiger partial charge in [0.1, 0.15) is 6.54 Å². The highest BCUT2D eigenvalue weighted by molar-refractivity contribution is 5.79. The maximum Gasteiger partial charge on any atom is 0.241 e. The monoisotopic (exact) mass is 265 g/mol. The Balaban J connectivity index is 1.96. The third kappa shape index (κ3) is 3.20. The molecule has 2 rings (SSSR count). The fourth-order valence-corrected chi connectivity index (χ4v) is 2.29. The Morgan fingerprint density at radius 1 is 1.47 bits per heavy atom. The quantitative estimate of drug-likeness (QED) is 0.809. The van der Waals surface area contributed by atoms with E-state index in [4.69, 9.17) is 4.74 Å². The summed E-state index contributed by atoms with van der Waals surface area (Å²) in [5, 5.41) is 7.19. The average molecular weight is 265 g/mol. The molecule has 1 fully saturated rings. The van der Waals surface area contributed by atoms with Crippen LogP contribution in [0.25, 0.3) is 0 Å². The second kappa shape index (κ2) is 5.97. The lowest BCUT2D eigenvalue weighted by molar-refractivity contribution is -0.123. The van der Waals surface area contributed by atoms with E-state index in [2.05, 4.69) is 10.4 Å². The van der Waals surface area contributed by atoms with Crippen molar-refractivity contribution < 1.29 is 14.3 Å². The highest BCUT2D eigenvalue weighted by atomic mass is 16.5. The number of aldehydes is 1. The predicted octanol–water partition coefficient (Wildman–Crippen LogP) is 0.608. The Kier molecular flexibility index (Phi) is 4.31. The minimum Gasteiger partial charge on any atom is -0.381 e. The molecule has 19 heavy (non-hydrogen) atoms. The summed E-state index contributed by atoms with van der Waals surface area (Å²) in [5.41, 5.74) is 1.96. The third-order valence-corrected chi connectivity index (χ3v) is 3.44. The van der Waals surface area contributed by atoms with Crippen LogP contribution in [0, 0.1) is 13.8 Å². The topological polar surface area (TPSA) is 73.2 Å². The summed E-state index contributed by atoms with van der Waals surface area (Å²) in [5.74, 6) is -0.0741. The standard InChI is InChI=1S/C13H19N3O3/c1-9-12(8-17)10(2)16(15-9)7-13(18)14-11-3-5-19-6-4-11/h8,11H,3-7H2,1-2H3,(H,14,18). The molecule has 104 valence electrons. The molecule has 1 aliphatic heterocycles. The van der Waals surface area contributed by atoms with E-state index in [0.29, 0.717) is 24.5 Å². The number of amides is 1. The number of aromatic nitrogens is 2. The van der Waals surface area contributed by atoms with E-state index in [9.17, 15) is 9.59 Å². The first-order chi connectivity index (χ1) is 9.11. The summed E-state index contributed by atoms with van der Waals surface area (Å²) >= 11 is 0. The van der Waals surface area contributed by atoms with Crippen molar-refractivity contribution in [1.82, 2.24) is 15.1 Å². The molecule has 1 aromatic rings. The number of ether oxygens (including phenoxy) is 1. The number of nitrogens with one attached hydrogen (secondary N) is 1. The Bertz CT molecular complexity index is 476. The van der Waals surface area contributed by atoms with Crippen molar-refractivity contribution in [3.63, 3.8) is 0 Å². The van der Waals surface area contributed by atoms with Crippen LogP contribution in [0.15, 0.2) is 0 Å². The number of hydrogen-bond donors (Lipinski definition) is 1. The minimum atomic E-state index is -0.0741. The summed E-state index contributed by atoms with van der Waals surface area (Å²) in [6.45, 7) is 5.10. The van der Waals surface area contributed by atoms with Crippen molar-refractivity contribution in [2.75, 3.05) is 13.2 Å². The highest BCUT2D eigenvalue weighted by Crippen LogP contribution is 2.10. The molecule has 0 radical (unpaired) electrons. The van der Waals surface area contributed by atoms with E-state index < -0.39 is 0 Å². The summed E-state index contributed by atoms with van der Waals surface area (Å²) in [6, 6.07) is 0.184. The van der Waals surface area contributed by atoms with Crippen LogP contribution in [0.2, 0.25) is 0 Å². The van der Waals surface area contributed by atoms with Crippen LogP contribution in [0.5, 0.6) is 0 Å². The molecule has 0 atom stereocenters. The molecule has 1 aromatic heterocycles. The number of aryl methyl sites for hydroxylation is 1. The van der Waals surface area contributed by atoms with E-state index in [-0.39, 0.29) is 18.5 Å². The van der Waals surface area contributed by atoms with Crippen molar-refractivity contribution in [3.8, 4) is 0 Å². The van der Waals surface area contributed by atoms with Gasteiger partial charge in [-0.15, -0.1) is 0 Å². The van der Waals surface area contributed by atoms with Crippen LogP contribution in [0.3, 0.4) is 0 Å². The first-order valence-corrected chi connectivity index (χ1v) is 6.48. The van der Waals surface area contributed by atoms with Crippen molar-refractivity contribution in [3.05, 3.63) is 17.0 Å². The van der Waals surface area contributed by atoms with E-state index in [1.807, 2.05) is 0 Å². The van der Waals surface area contributed by atoms with Gasteiger partial charge in [-0.25, -0.2) is 0 Å². The summed E-state index contributed by atoms with van der Waals surface area (Å²) in [4.78, 5) is 22.8. The predicted molar refractivity (Wildman–Crippen MR) is 69.1 cm³/mol. The fraction of sp³-hybridized carbons (Fsp3) is 0.615. The van der Waals surface area contributed by atoms with Gasteiger partial charge < -0.3 is 10.1 Å². The lowest BCUT2D eigenvalue weighted by atomic mass is 10.1. The average Bonchev–Trinajstić information content (AvgIpc) is 2.65. The van der Waals surface area contributed by atoms with Crippen molar-refractivity contribution in [2.24, 2.45) is 0 Å². The minimum absolute atomic E-state index is 0.0741. The molecule has 2 heterocycles. The summed E-state index contributed by atoms with van der Waals surface area (Å²) < 4.78 is 6.82. The molecule has 0 unspecified atom stereocenters. The van der Waals surface area contributed by atoms with Crippen LogP contribution < -0.4 is 5.32 Å². The summed E-state index contributed by atoms with van der Waals surface area (Å²) in [6.07, 6.45) is 2.48. The van der Waals surface area contributed by atoms with Gasteiger partial charge >= 0.3 is 0 Å². The van der Waals surface area contributed by atoms with Gasteiger partial charge in [0, 0.05) is 24.9 Å². The van der Waals surface area contributed by atoms with Gasteiger partial charge in [0.25, 0.3) is 0 Å². The zero-order valence-corrected chi connectivity index (χ0v) is 11.3. The first kappa shape index (κ1) is 13.7. The van der Waals surface area contributed by atoms with Crippen LogP contribution in [0.4, 0.5) is 0 Å². The SMILES string of the molecule is Cc1nn(CC(=O)NC2CCOCC2)c(C)c1C=O. The Morgan fingerprint density at radius 2 is 2.16 bits per heavy atom. The van der Waals surface area contributed by atoms with Gasteiger partial charge in [0.15, 0.2) is 6.29 Å². The molecule has 0 spiro atoms. The Morgan fingerprint density at radius 3 is 2.74 bits per heavy atom. The molecule has 1 saturated heterocycles. The number of rotatable bonds is 4. The highest BCUT2D eigenvalue weighted by Gasteiger charge is 2.18. The van der Waals surface area contributed by atoms with E-state index in [0.717, 1.165) is 24.8 Å². The number of carbonyl (C=O) groups is 2. The molecule has 0 saturated carbocycles. The lowest BCUT2D eigenvalue weighted by Gasteiger charge is -2.23. The normalized spacial score (nSPS) is 16.3. The molecule has 6 heteroatoms. The van der Waals surface area contributed by atoms with Crippen LogP contribution in [-0.2, 0) is 16.1 Å². The van der Waals surface area contributed by atoms with E-state index >= 15 is 0 Å². The smallest absolute Gasteiger partial charge is 0.241 e. The lowest BCUT2D eigenvalue weighted by Crippen LogP contribution is -2.40. The van der Waals surface area contributed by atoms with Crippen LogP contribution in [-0.4, -0.2) is 41.2 Å². The van der Waals surface area contributed by atoms with Crippen molar-refractivity contribution in [1.29, 1.82) is 0 Å². The van der Waals surface area contributed by atoms with E-state index in [1.165, 1.54) is 0 Å². The van der Waals surface area contributed by atoms with Gasteiger partial charge in [-0.1, -0.05) is 0 Å². The van der Waals surface area contributed by atoms with Crippen LogP contribution >= 0.6 is 0 Å². The van der Waals surface area contributed by atoms with Crippen molar-refractivity contribution >= 4 is 12.2 Å². The van der Waals surface area contributed by atoms with Gasteiger partial charge in [-0.05, 0) is 26.7 Å². The number of nitrogens with zero attached hydrogens (tertiary/aromatic N) is 2. The van der Waals surface area contributed by atoms with Gasteiger partial charge in [-0.2, -0.15) is 5.10 Å². The maximum absolute atomic E-state index is 11.9.